The Bertz CT molecular complexity index is 278. The minimum atomic E-state index is -0.154. The molecule has 2 nitrogen and oxygen atoms in total. The number of carbonyl (C=O) groups is 1. The molecule has 2 heterocycles. The molecule has 0 aromatic rings. The molecule has 3 atom stereocenters. The van der Waals surface area contributed by atoms with Gasteiger partial charge in [-0.3, -0.25) is 4.79 Å². The molecule has 2 saturated heterocycles. The van der Waals surface area contributed by atoms with E-state index >= 15 is 0 Å². The molecule has 0 radical (unpaired) electrons. The van der Waals surface area contributed by atoms with E-state index in [-0.39, 0.29) is 10.1 Å². The highest BCUT2D eigenvalue weighted by Gasteiger charge is 2.41. The second-order valence-electron chi connectivity index (χ2n) is 5.22. The Morgan fingerprint density at radius 1 is 1.56 bits per heavy atom. The summed E-state index contributed by atoms with van der Waals surface area (Å²) in [6.07, 6.45) is 3.15. The Kier molecular flexibility index (Phi) is 3.75. The first kappa shape index (κ1) is 12.6. The van der Waals surface area contributed by atoms with E-state index in [4.69, 9.17) is 11.6 Å². The van der Waals surface area contributed by atoms with Gasteiger partial charge in [-0.25, -0.2) is 0 Å². The molecule has 0 spiro atoms. The number of carbonyl (C=O) groups excluding carboxylic acids is 1. The van der Waals surface area contributed by atoms with Crippen LogP contribution in [0.25, 0.3) is 0 Å². The number of hydrogen-bond donors (Lipinski definition) is 0. The van der Waals surface area contributed by atoms with E-state index in [1.165, 1.54) is 6.42 Å². The maximum absolute atomic E-state index is 12.4. The van der Waals surface area contributed by atoms with Gasteiger partial charge in [0, 0.05) is 18.5 Å². The van der Waals surface area contributed by atoms with Gasteiger partial charge in [0.2, 0.25) is 5.91 Å². The molecule has 2 rings (SSSR count). The number of rotatable bonds is 1. The molecule has 0 aromatic heterocycles. The lowest BCUT2D eigenvalue weighted by Gasteiger charge is -2.38. The van der Waals surface area contributed by atoms with Crippen molar-refractivity contribution in [2.75, 3.05) is 18.8 Å². The standard InChI is InChI=1S/C12H20ClNOS/c1-9-8-14(6-4-10(9)13)11(15)12(2)5-3-7-16-12/h9-10H,3-8H2,1-2H3. The highest BCUT2D eigenvalue weighted by Crippen LogP contribution is 2.40. The van der Waals surface area contributed by atoms with Crippen molar-refractivity contribution >= 4 is 29.3 Å². The van der Waals surface area contributed by atoms with Gasteiger partial charge in [0.25, 0.3) is 0 Å². The molecule has 0 aliphatic carbocycles. The third-order valence-electron chi connectivity index (χ3n) is 3.76. The van der Waals surface area contributed by atoms with Crippen LogP contribution in [0.4, 0.5) is 0 Å². The highest BCUT2D eigenvalue weighted by molar-refractivity contribution is 8.01. The molecule has 2 aliphatic rings. The second-order valence-corrected chi connectivity index (χ2v) is 7.37. The SMILES string of the molecule is CC1CN(C(=O)C2(C)CCCS2)CCC1Cl. The first-order valence-corrected chi connectivity index (χ1v) is 7.52. The van der Waals surface area contributed by atoms with Gasteiger partial charge in [-0.1, -0.05) is 6.92 Å². The summed E-state index contributed by atoms with van der Waals surface area (Å²) >= 11 is 8.01. The molecular weight excluding hydrogens is 242 g/mol. The van der Waals surface area contributed by atoms with Crippen molar-refractivity contribution in [3.63, 3.8) is 0 Å². The Morgan fingerprint density at radius 2 is 2.31 bits per heavy atom. The van der Waals surface area contributed by atoms with Gasteiger partial charge in [0.05, 0.1) is 4.75 Å². The zero-order chi connectivity index (χ0) is 11.8. The average Bonchev–Trinajstić information content (AvgIpc) is 2.70. The fraction of sp³-hybridized carbons (Fsp3) is 0.917. The van der Waals surface area contributed by atoms with Crippen molar-refractivity contribution in [3.05, 3.63) is 0 Å². The van der Waals surface area contributed by atoms with Gasteiger partial charge in [-0.05, 0) is 37.9 Å². The summed E-state index contributed by atoms with van der Waals surface area (Å²) in [5.74, 6) is 1.89. The number of nitrogens with zero attached hydrogens (tertiary/aromatic N) is 1. The quantitative estimate of drug-likeness (QED) is 0.677. The second kappa shape index (κ2) is 4.77. The van der Waals surface area contributed by atoms with E-state index in [1.807, 2.05) is 16.7 Å². The van der Waals surface area contributed by atoms with Gasteiger partial charge in [-0.15, -0.1) is 23.4 Å². The zero-order valence-corrected chi connectivity index (χ0v) is 11.6. The van der Waals surface area contributed by atoms with Gasteiger partial charge in [0.1, 0.15) is 0 Å². The van der Waals surface area contributed by atoms with Crippen LogP contribution in [0.2, 0.25) is 0 Å². The van der Waals surface area contributed by atoms with Gasteiger partial charge < -0.3 is 4.90 Å². The van der Waals surface area contributed by atoms with Gasteiger partial charge >= 0.3 is 0 Å². The van der Waals surface area contributed by atoms with Crippen LogP contribution < -0.4 is 0 Å². The lowest BCUT2D eigenvalue weighted by atomic mass is 9.96. The zero-order valence-electron chi connectivity index (χ0n) is 10.0. The molecule has 0 aromatic carbocycles. The van der Waals surface area contributed by atoms with E-state index < -0.39 is 0 Å². The smallest absolute Gasteiger partial charge is 0.238 e. The maximum Gasteiger partial charge on any atom is 0.238 e. The molecule has 4 heteroatoms. The summed E-state index contributed by atoms with van der Waals surface area (Å²) in [5, 5.41) is 0.244. The molecule has 2 aliphatic heterocycles. The summed E-state index contributed by atoms with van der Waals surface area (Å²) in [7, 11) is 0. The lowest BCUT2D eigenvalue weighted by molar-refractivity contribution is -0.135. The number of alkyl halides is 1. The summed E-state index contributed by atoms with van der Waals surface area (Å²) in [6.45, 7) is 5.92. The van der Waals surface area contributed by atoms with Crippen molar-refractivity contribution in [2.24, 2.45) is 5.92 Å². The molecule has 16 heavy (non-hydrogen) atoms. The van der Waals surface area contributed by atoms with Crippen molar-refractivity contribution in [1.82, 2.24) is 4.90 Å². The molecule has 0 saturated carbocycles. The summed E-state index contributed by atoms with van der Waals surface area (Å²) in [4.78, 5) is 14.5. The molecule has 3 unspecified atom stereocenters. The van der Waals surface area contributed by atoms with Crippen LogP contribution in [0.15, 0.2) is 0 Å². The van der Waals surface area contributed by atoms with E-state index in [0.717, 1.165) is 31.7 Å². The van der Waals surface area contributed by atoms with Crippen molar-refractivity contribution < 1.29 is 4.79 Å². The normalized spacial score (nSPS) is 40.1. The van der Waals surface area contributed by atoms with Crippen molar-refractivity contribution in [1.29, 1.82) is 0 Å². The molecule has 1 amide bonds. The van der Waals surface area contributed by atoms with Crippen molar-refractivity contribution in [2.45, 2.75) is 43.2 Å². The first-order chi connectivity index (χ1) is 7.53. The lowest BCUT2D eigenvalue weighted by Crippen LogP contribution is -2.50. The minimum Gasteiger partial charge on any atom is -0.341 e. The van der Waals surface area contributed by atoms with Crippen LogP contribution in [-0.4, -0.2) is 39.8 Å². The number of likely N-dealkylation sites (tertiary alicyclic amines) is 1. The van der Waals surface area contributed by atoms with Gasteiger partial charge in [-0.2, -0.15) is 0 Å². The largest absolute Gasteiger partial charge is 0.341 e. The Hall–Kier alpha value is 0.110. The highest BCUT2D eigenvalue weighted by atomic mass is 35.5. The number of halogens is 1. The Balaban J connectivity index is 2.00. The number of thioether (sulfide) groups is 1. The minimum absolute atomic E-state index is 0.154. The molecule has 2 fully saturated rings. The Morgan fingerprint density at radius 3 is 2.88 bits per heavy atom. The summed E-state index contributed by atoms with van der Waals surface area (Å²) in [6, 6.07) is 0. The number of amides is 1. The average molecular weight is 262 g/mol. The van der Waals surface area contributed by atoms with Crippen LogP contribution in [0.1, 0.15) is 33.1 Å². The van der Waals surface area contributed by atoms with Crippen LogP contribution in [-0.2, 0) is 4.79 Å². The molecule has 92 valence electrons. The number of piperidine rings is 1. The van der Waals surface area contributed by atoms with Crippen LogP contribution in [0.3, 0.4) is 0 Å². The Labute approximate surface area is 107 Å². The van der Waals surface area contributed by atoms with Gasteiger partial charge in [0.15, 0.2) is 0 Å². The summed E-state index contributed by atoms with van der Waals surface area (Å²) < 4.78 is -0.154. The summed E-state index contributed by atoms with van der Waals surface area (Å²) in [5.41, 5.74) is 0. The van der Waals surface area contributed by atoms with E-state index in [2.05, 4.69) is 13.8 Å². The fourth-order valence-corrected chi connectivity index (χ4v) is 4.04. The van der Waals surface area contributed by atoms with E-state index in [1.54, 1.807) is 0 Å². The molecule has 0 N–H and O–H groups in total. The van der Waals surface area contributed by atoms with Crippen LogP contribution in [0.5, 0.6) is 0 Å². The molecule has 0 bridgehead atoms. The predicted octanol–water partition coefficient (Wildman–Crippen LogP) is 2.75. The third kappa shape index (κ3) is 2.35. The van der Waals surface area contributed by atoms with E-state index in [0.29, 0.717) is 11.8 Å². The van der Waals surface area contributed by atoms with E-state index in [9.17, 15) is 4.79 Å². The number of hydrogen-bond acceptors (Lipinski definition) is 2. The predicted molar refractivity (Wildman–Crippen MR) is 70.1 cm³/mol. The van der Waals surface area contributed by atoms with Crippen LogP contribution in [0, 0.1) is 5.92 Å². The fourth-order valence-electron chi connectivity index (χ4n) is 2.58. The topological polar surface area (TPSA) is 20.3 Å². The first-order valence-electron chi connectivity index (χ1n) is 6.10. The monoisotopic (exact) mass is 261 g/mol. The maximum atomic E-state index is 12.4. The molecular formula is C12H20ClNOS. The van der Waals surface area contributed by atoms with Crippen LogP contribution >= 0.6 is 23.4 Å². The van der Waals surface area contributed by atoms with Crippen molar-refractivity contribution in [3.8, 4) is 0 Å². The third-order valence-corrected chi connectivity index (χ3v) is 5.92.